The molecule has 1 N–H and O–H groups in total. The maximum Gasteiger partial charge on any atom is 0.119 e. The number of piperidine rings is 1. The van der Waals surface area contributed by atoms with Crippen molar-refractivity contribution < 1.29 is 4.74 Å². The van der Waals surface area contributed by atoms with Gasteiger partial charge in [0.1, 0.15) is 5.75 Å². The van der Waals surface area contributed by atoms with Gasteiger partial charge in [-0.25, -0.2) is 0 Å². The summed E-state index contributed by atoms with van der Waals surface area (Å²) in [6.45, 7) is 4.77. The Labute approximate surface area is 156 Å². The first-order valence-corrected chi connectivity index (χ1v) is 10.2. The summed E-state index contributed by atoms with van der Waals surface area (Å²) in [5, 5.41) is 1.32. The first kappa shape index (κ1) is 17.6. The second-order valence-corrected chi connectivity index (χ2v) is 7.94. The highest BCUT2D eigenvalue weighted by Crippen LogP contribution is 2.42. The maximum atomic E-state index is 5.48. The molecule has 2 aromatic rings. The van der Waals surface area contributed by atoms with E-state index in [1.807, 2.05) is 6.07 Å². The molecule has 1 unspecified atom stereocenters. The lowest BCUT2D eigenvalue weighted by Gasteiger charge is -2.36. The number of hydrogen-bond acceptors (Lipinski definition) is 3. The number of aliphatic imine (C=N–C) groups is 1. The number of methoxy groups -OCH3 is 1. The van der Waals surface area contributed by atoms with E-state index in [0.717, 1.165) is 25.1 Å². The number of rotatable bonds is 6. The minimum absolute atomic E-state index is 0.210. The molecule has 0 amide bonds. The molecule has 1 atom stereocenters. The molecule has 1 saturated heterocycles. The first-order valence-electron chi connectivity index (χ1n) is 10.2. The van der Waals surface area contributed by atoms with E-state index >= 15 is 0 Å². The fourth-order valence-electron chi connectivity index (χ4n) is 4.81. The number of ether oxygens (including phenoxy) is 1. The van der Waals surface area contributed by atoms with E-state index in [1.165, 1.54) is 68.2 Å². The number of nitrogens with one attached hydrogen (secondary N) is 1. The Bertz CT molecular complexity index is 760. The molecule has 140 valence electrons. The molecule has 4 heteroatoms. The number of nitrogens with zero attached hydrogens (tertiary/aromatic N) is 2. The molecule has 4 nitrogen and oxygen atoms in total. The smallest absolute Gasteiger partial charge is 0.119 e. The summed E-state index contributed by atoms with van der Waals surface area (Å²) in [6.07, 6.45) is 13.3. The highest BCUT2D eigenvalue weighted by molar-refractivity contribution is 5.86. The average molecular weight is 354 g/mol. The average Bonchev–Trinajstić information content (AvgIpc) is 3.13. The standard InChI is InChI=1S/C22H31N3O/c1-26-18-6-7-21-19(16-18)20(17-24-21)22(9-11-23-12-10-22)8-5-15-25-13-3-2-4-14-25/h6-7,11,16-17,24H,2-5,8-10,12-15H2,1H3. The monoisotopic (exact) mass is 353 g/mol. The fraction of sp³-hybridized carbons (Fsp3) is 0.591. The summed E-state index contributed by atoms with van der Waals surface area (Å²) in [5.74, 6) is 0.936. The lowest BCUT2D eigenvalue weighted by Crippen LogP contribution is -2.34. The number of hydrogen-bond donors (Lipinski definition) is 1. The van der Waals surface area contributed by atoms with Crippen molar-refractivity contribution in [2.24, 2.45) is 4.99 Å². The Balaban J connectivity index is 1.57. The lowest BCUT2D eigenvalue weighted by atomic mass is 9.71. The summed E-state index contributed by atoms with van der Waals surface area (Å²) >= 11 is 0. The van der Waals surface area contributed by atoms with Gasteiger partial charge >= 0.3 is 0 Å². The number of aromatic amines is 1. The van der Waals surface area contributed by atoms with Crippen molar-refractivity contribution in [3.8, 4) is 5.75 Å². The number of likely N-dealkylation sites (tertiary alicyclic amines) is 1. The minimum atomic E-state index is 0.210. The van der Waals surface area contributed by atoms with Crippen molar-refractivity contribution in [3.05, 3.63) is 30.0 Å². The number of fused-ring (bicyclic) bond motifs is 1. The SMILES string of the molecule is COc1ccc2[nH]cc(C3(CCCN4CCCCC4)CC=NCC3)c2c1. The second kappa shape index (κ2) is 7.83. The van der Waals surface area contributed by atoms with Crippen LogP contribution in [0.1, 0.15) is 50.5 Å². The topological polar surface area (TPSA) is 40.6 Å². The van der Waals surface area contributed by atoms with Crippen LogP contribution in [0, 0.1) is 0 Å². The van der Waals surface area contributed by atoms with Crippen molar-refractivity contribution >= 4 is 17.1 Å². The highest BCUT2D eigenvalue weighted by atomic mass is 16.5. The van der Waals surface area contributed by atoms with Gasteiger partial charge in [0, 0.05) is 29.1 Å². The predicted molar refractivity (Wildman–Crippen MR) is 109 cm³/mol. The summed E-state index contributed by atoms with van der Waals surface area (Å²) in [6, 6.07) is 6.36. The molecule has 0 bridgehead atoms. The zero-order chi connectivity index (χ0) is 17.8. The quantitative estimate of drug-likeness (QED) is 0.828. The highest BCUT2D eigenvalue weighted by Gasteiger charge is 2.34. The molecular weight excluding hydrogens is 322 g/mol. The zero-order valence-electron chi connectivity index (χ0n) is 16.0. The third-order valence-corrected chi connectivity index (χ3v) is 6.37. The Hall–Kier alpha value is -1.81. The largest absolute Gasteiger partial charge is 0.497 e. The Morgan fingerprint density at radius 1 is 1.23 bits per heavy atom. The van der Waals surface area contributed by atoms with Crippen LogP contribution in [0.4, 0.5) is 0 Å². The Morgan fingerprint density at radius 3 is 2.88 bits per heavy atom. The van der Waals surface area contributed by atoms with Gasteiger partial charge in [-0.1, -0.05) is 6.42 Å². The van der Waals surface area contributed by atoms with Gasteiger partial charge < -0.3 is 14.6 Å². The molecule has 0 radical (unpaired) electrons. The molecule has 3 heterocycles. The predicted octanol–water partition coefficient (Wildman–Crippen LogP) is 4.55. The van der Waals surface area contributed by atoms with E-state index in [-0.39, 0.29) is 5.41 Å². The van der Waals surface area contributed by atoms with Gasteiger partial charge in [-0.15, -0.1) is 0 Å². The van der Waals surface area contributed by atoms with Crippen LogP contribution in [0.2, 0.25) is 0 Å². The van der Waals surface area contributed by atoms with E-state index in [9.17, 15) is 0 Å². The van der Waals surface area contributed by atoms with Crippen LogP contribution in [0.5, 0.6) is 5.75 Å². The normalized spacial score (nSPS) is 24.2. The van der Waals surface area contributed by atoms with Gasteiger partial charge in [0.2, 0.25) is 0 Å². The van der Waals surface area contributed by atoms with Crippen molar-refractivity contribution in [1.82, 2.24) is 9.88 Å². The van der Waals surface area contributed by atoms with Gasteiger partial charge in [0.15, 0.2) is 0 Å². The molecular formula is C22H31N3O. The summed E-state index contributed by atoms with van der Waals surface area (Å²) in [5.41, 5.74) is 2.87. The van der Waals surface area contributed by atoms with Crippen LogP contribution >= 0.6 is 0 Å². The van der Waals surface area contributed by atoms with E-state index in [1.54, 1.807) is 7.11 Å². The lowest BCUT2D eigenvalue weighted by molar-refractivity contribution is 0.214. The molecule has 2 aliphatic rings. The molecule has 0 saturated carbocycles. The van der Waals surface area contributed by atoms with Crippen LogP contribution in [-0.2, 0) is 5.41 Å². The molecule has 1 aromatic heterocycles. The third-order valence-electron chi connectivity index (χ3n) is 6.37. The Kier molecular flexibility index (Phi) is 5.30. The van der Waals surface area contributed by atoms with Crippen LogP contribution in [-0.4, -0.2) is 49.4 Å². The van der Waals surface area contributed by atoms with Crippen LogP contribution in [0.3, 0.4) is 0 Å². The maximum absolute atomic E-state index is 5.48. The minimum Gasteiger partial charge on any atom is -0.497 e. The Morgan fingerprint density at radius 2 is 2.12 bits per heavy atom. The first-order chi connectivity index (χ1) is 12.8. The molecule has 0 aliphatic carbocycles. The van der Waals surface area contributed by atoms with E-state index in [4.69, 9.17) is 4.74 Å². The van der Waals surface area contributed by atoms with Crippen LogP contribution < -0.4 is 4.74 Å². The van der Waals surface area contributed by atoms with E-state index in [0.29, 0.717) is 0 Å². The van der Waals surface area contributed by atoms with Gasteiger partial charge in [-0.2, -0.15) is 0 Å². The molecule has 2 aliphatic heterocycles. The molecule has 26 heavy (non-hydrogen) atoms. The molecule has 1 fully saturated rings. The summed E-state index contributed by atoms with van der Waals surface area (Å²) in [4.78, 5) is 10.7. The van der Waals surface area contributed by atoms with Crippen molar-refractivity contribution in [2.75, 3.05) is 33.3 Å². The molecule has 1 aromatic carbocycles. The number of aromatic nitrogens is 1. The zero-order valence-corrected chi connectivity index (χ0v) is 16.0. The molecule has 4 rings (SSSR count). The summed E-state index contributed by atoms with van der Waals surface area (Å²) < 4.78 is 5.48. The third kappa shape index (κ3) is 3.52. The van der Waals surface area contributed by atoms with E-state index in [2.05, 4.69) is 39.4 Å². The van der Waals surface area contributed by atoms with Crippen molar-refractivity contribution in [2.45, 2.75) is 50.4 Å². The summed E-state index contributed by atoms with van der Waals surface area (Å²) in [7, 11) is 1.75. The van der Waals surface area contributed by atoms with Crippen LogP contribution in [0.25, 0.3) is 10.9 Å². The van der Waals surface area contributed by atoms with Gasteiger partial charge in [-0.3, -0.25) is 4.99 Å². The number of benzene rings is 1. The van der Waals surface area contributed by atoms with Crippen molar-refractivity contribution in [3.63, 3.8) is 0 Å². The van der Waals surface area contributed by atoms with Gasteiger partial charge in [0.05, 0.1) is 7.11 Å². The number of H-pyrrole nitrogens is 1. The van der Waals surface area contributed by atoms with Crippen LogP contribution in [0.15, 0.2) is 29.4 Å². The van der Waals surface area contributed by atoms with E-state index < -0.39 is 0 Å². The molecule has 0 spiro atoms. The fourth-order valence-corrected chi connectivity index (χ4v) is 4.81. The van der Waals surface area contributed by atoms with Gasteiger partial charge in [-0.05, 0) is 88.1 Å². The van der Waals surface area contributed by atoms with Crippen molar-refractivity contribution in [1.29, 1.82) is 0 Å². The van der Waals surface area contributed by atoms with Gasteiger partial charge in [0.25, 0.3) is 0 Å². The second-order valence-electron chi connectivity index (χ2n) is 7.94.